The molecule has 0 radical (unpaired) electrons. The molecule has 1 aromatic heterocycles. The van der Waals surface area contributed by atoms with E-state index in [0.717, 1.165) is 12.0 Å². The van der Waals surface area contributed by atoms with E-state index < -0.39 is 5.97 Å². The number of carbonyl (C=O) groups is 1. The van der Waals surface area contributed by atoms with Gasteiger partial charge in [-0.3, -0.25) is 4.79 Å². The Morgan fingerprint density at radius 3 is 2.95 bits per heavy atom. The van der Waals surface area contributed by atoms with Crippen LogP contribution >= 0.6 is 0 Å². The minimum atomic E-state index is -0.888. The molecule has 1 N–H and O–H groups in total. The van der Waals surface area contributed by atoms with E-state index in [4.69, 9.17) is 5.11 Å². The van der Waals surface area contributed by atoms with Crippen molar-refractivity contribution in [1.82, 2.24) is 20.2 Å². The third kappa shape index (κ3) is 4.08. The van der Waals surface area contributed by atoms with E-state index in [1.165, 1.54) is 12.1 Å². The van der Waals surface area contributed by atoms with Crippen LogP contribution in [0.15, 0.2) is 24.3 Å². The van der Waals surface area contributed by atoms with Gasteiger partial charge in [0.1, 0.15) is 5.82 Å². The number of halogens is 1. The Balaban J connectivity index is 2.21. The van der Waals surface area contributed by atoms with Gasteiger partial charge in [0, 0.05) is 6.42 Å². The van der Waals surface area contributed by atoms with Gasteiger partial charge in [-0.1, -0.05) is 25.5 Å². The summed E-state index contributed by atoms with van der Waals surface area (Å²) in [4.78, 5) is 11.0. The minimum absolute atomic E-state index is 0.0327. The molecule has 0 bridgehead atoms. The Hall–Kier alpha value is -2.31. The highest BCUT2D eigenvalue weighted by molar-refractivity contribution is 5.67. The quantitative estimate of drug-likeness (QED) is 0.846. The summed E-state index contributed by atoms with van der Waals surface area (Å²) in [5.74, 6) is -0.664. The lowest BCUT2D eigenvalue weighted by atomic mass is 10.1. The van der Waals surface area contributed by atoms with Crippen molar-refractivity contribution in [2.24, 2.45) is 0 Å². The molecule has 0 aliphatic rings. The highest BCUT2D eigenvalue weighted by atomic mass is 19.1. The van der Waals surface area contributed by atoms with Gasteiger partial charge >= 0.3 is 5.97 Å². The number of aliphatic carboxylic acids is 1. The van der Waals surface area contributed by atoms with E-state index in [1.807, 2.05) is 6.92 Å². The molecule has 1 unspecified atom stereocenters. The summed E-state index contributed by atoms with van der Waals surface area (Å²) >= 11 is 0. The second-order valence-corrected chi connectivity index (χ2v) is 4.89. The normalized spacial score (nSPS) is 12.3. The summed E-state index contributed by atoms with van der Waals surface area (Å²) in [5, 5.41) is 20.5. The maximum absolute atomic E-state index is 13.2. The average Bonchev–Trinajstić information content (AvgIpc) is 2.86. The number of benzene rings is 1. The molecule has 0 spiro atoms. The smallest absolute Gasteiger partial charge is 0.305 e. The van der Waals surface area contributed by atoms with Crippen molar-refractivity contribution in [3.63, 3.8) is 0 Å². The molecule has 0 aliphatic heterocycles. The highest BCUT2D eigenvalue weighted by Crippen LogP contribution is 2.19. The Kier molecular flexibility index (Phi) is 4.97. The van der Waals surface area contributed by atoms with Crippen molar-refractivity contribution >= 4 is 5.97 Å². The van der Waals surface area contributed by atoms with Crippen molar-refractivity contribution in [3.8, 4) is 0 Å². The molecule has 6 nitrogen and oxygen atoms in total. The van der Waals surface area contributed by atoms with Crippen LogP contribution in [-0.4, -0.2) is 31.3 Å². The predicted molar refractivity (Wildman–Crippen MR) is 73.2 cm³/mol. The van der Waals surface area contributed by atoms with E-state index in [9.17, 15) is 9.18 Å². The molecule has 0 amide bonds. The largest absolute Gasteiger partial charge is 0.481 e. The third-order valence-electron chi connectivity index (χ3n) is 3.19. The van der Waals surface area contributed by atoms with E-state index >= 15 is 0 Å². The van der Waals surface area contributed by atoms with Gasteiger partial charge in [-0.2, -0.15) is 0 Å². The number of aromatic nitrogens is 4. The van der Waals surface area contributed by atoms with Crippen molar-refractivity contribution in [3.05, 3.63) is 41.5 Å². The van der Waals surface area contributed by atoms with Gasteiger partial charge < -0.3 is 5.11 Å². The number of hydrogen-bond donors (Lipinski definition) is 1. The molecular formula is C14H17FN4O2. The number of tetrazole rings is 1. The zero-order valence-electron chi connectivity index (χ0n) is 11.7. The lowest BCUT2D eigenvalue weighted by Crippen LogP contribution is -2.18. The molecule has 0 fully saturated rings. The van der Waals surface area contributed by atoms with Gasteiger partial charge in [-0.15, -0.1) is 5.10 Å². The topological polar surface area (TPSA) is 80.9 Å². The van der Waals surface area contributed by atoms with Crippen LogP contribution in [0.5, 0.6) is 0 Å². The molecule has 0 aliphatic carbocycles. The molecular weight excluding hydrogens is 275 g/mol. The first-order chi connectivity index (χ1) is 10.1. The fourth-order valence-electron chi connectivity index (χ4n) is 2.29. The van der Waals surface area contributed by atoms with Crippen LogP contribution in [0, 0.1) is 5.82 Å². The highest BCUT2D eigenvalue weighted by Gasteiger charge is 2.19. The minimum Gasteiger partial charge on any atom is -0.481 e. The lowest BCUT2D eigenvalue weighted by Gasteiger charge is -2.15. The van der Waals surface area contributed by atoms with Crippen LogP contribution < -0.4 is 0 Å². The second kappa shape index (κ2) is 6.92. The average molecular weight is 292 g/mol. The number of hydrogen-bond acceptors (Lipinski definition) is 4. The second-order valence-electron chi connectivity index (χ2n) is 4.89. The third-order valence-corrected chi connectivity index (χ3v) is 3.19. The fourth-order valence-corrected chi connectivity index (χ4v) is 2.29. The predicted octanol–water partition coefficient (Wildman–Crippen LogP) is 2.22. The van der Waals surface area contributed by atoms with E-state index in [2.05, 4.69) is 15.5 Å². The van der Waals surface area contributed by atoms with Crippen LogP contribution in [-0.2, 0) is 11.2 Å². The SMILES string of the molecule is CCCC(CC(=O)O)n1nnnc1Cc1cccc(F)c1. The van der Waals surface area contributed by atoms with Crippen molar-refractivity contribution in [2.45, 2.75) is 38.6 Å². The molecule has 112 valence electrons. The Morgan fingerprint density at radius 1 is 1.48 bits per heavy atom. The Bertz CT molecular complexity index is 615. The van der Waals surface area contributed by atoms with Gasteiger partial charge in [0.25, 0.3) is 0 Å². The van der Waals surface area contributed by atoms with Crippen LogP contribution in [0.4, 0.5) is 4.39 Å². The van der Waals surface area contributed by atoms with Crippen LogP contribution in [0.25, 0.3) is 0 Å². The van der Waals surface area contributed by atoms with E-state index in [0.29, 0.717) is 18.7 Å². The Morgan fingerprint density at radius 2 is 2.29 bits per heavy atom. The first kappa shape index (κ1) is 15.1. The lowest BCUT2D eigenvalue weighted by molar-refractivity contribution is -0.138. The van der Waals surface area contributed by atoms with Crippen LogP contribution in [0.2, 0.25) is 0 Å². The first-order valence-corrected chi connectivity index (χ1v) is 6.83. The zero-order valence-corrected chi connectivity index (χ0v) is 11.7. The number of carboxylic acid groups (broad SMARTS) is 1. The van der Waals surface area contributed by atoms with Crippen LogP contribution in [0.1, 0.15) is 43.6 Å². The van der Waals surface area contributed by atoms with Gasteiger partial charge in [0.05, 0.1) is 12.5 Å². The number of nitrogens with zero attached hydrogens (tertiary/aromatic N) is 4. The summed E-state index contributed by atoms with van der Waals surface area (Å²) in [6.07, 6.45) is 1.84. The van der Waals surface area contributed by atoms with Crippen molar-refractivity contribution in [2.75, 3.05) is 0 Å². The summed E-state index contributed by atoms with van der Waals surface area (Å²) in [6, 6.07) is 5.92. The number of rotatable bonds is 7. The molecule has 21 heavy (non-hydrogen) atoms. The molecule has 1 aromatic carbocycles. The van der Waals surface area contributed by atoms with Gasteiger partial charge in [0.15, 0.2) is 5.82 Å². The fraction of sp³-hybridized carbons (Fsp3) is 0.429. The molecule has 2 aromatic rings. The molecule has 1 atom stereocenters. The monoisotopic (exact) mass is 292 g/mol. The van der Waals surface area contributed by atoms with Gasteiger partial charge in [0.2, 0.25) is 0 Å². The maximum atomic E-state index is 13.2. The molecule has 2 rings (SSSR count). The summed E-state index contributed by atoms with van der Waals surface area (Å²) in [6.45, 7) is 1.98. The molecule has 0 saturated carbocycles. The molecule has 1 heterocycles. The van der Waals surface area contributed by atoms with Crippen molar-refractivity contribution < 1.29 is 14.3 Å². The molecule has 7 heteroatoms. The maximum Gasteiger partial charge on any atom is 0.305 e. The van der Waals surface area contributed by atoms with E-state index in [1.54, 1.807) is 16.8 Å². The molecule has 0 saturated heterocycles. The van der Waals surface area contributed by atoms with E-state index in [-0.39, 0.29) is 18.3 Å². The first-order valence-electron chi connectivity index (χ1n) is 6.83. The Labute approximate surface area is 121 Å². The van der Waals surface area contributed by atoms with Gasteiger partial charge in [-0.25, -0.2) is 9.07 Å². The summed E-state index contributed by atoms with van der Waals surface area (Å²) < 4.78 is 14.8. The number of carboxylic acids is 1. The van der Waals surface area contributed by atoms with Gasteiger partial charge in [-0.05, 0) is 34.5 Å². The van der Waals surface area contributed by atoms with Crippen molar-refractivity contribution in [1.29, 1.82) is 0 Å². The zero-order chi connectivity index (χ0) is 15.2. The summed E-state index contributed by atoms with van der Waals surface area (Å²) in [5.41, 5.74) is 0.747. The summed E-state index contributed by atoms with van der Waals surface area (Å²) in [7, 11) is 0. The standard InChI is InChI=1S/C14H17FN4O2/c1-2-4-12(9-14(20)21)19-13(16-17-18-19)8-10-5-3-6-11(15)7-10/h3,5-7,12H,2,4,8-9H2,1H3,(H,20,21). The van der Waals surface area contributed by atoms with Crippen LogP contribution in [0.3, 0.4) is 0 Å².